The molecule has 2 aromatic rings. The molecule has 2 unspecified atom stereocenters. The Bertz CT molecular complexity index is 811. The highest BCUT2D eigenvalue weighted by molar-refractivity contribution is 7.48. The number of halogens is 2. The summed E-state index contributed by atoms with van der Waals surface area (Å²) < 4.78 is 27.8. The van der Waals surface area contributed by atoms with Gasteiger partial charge in [0, 0.05) is 22.1 Å². The number of hydrogen-bond acceptors (Lipinski definition) is 1. The molecule has 2 aromatic carbocycles. The van der Waals surface area contributed by atoms with Crippen LogP contribution in [0, 0.1) is 18.6 Å². The lowest BCUT2D eigenvalue weighted by molar-refractivity contribution is 0.436. The Kier molecular flexibility index (Phi) is 6.68. The minimum Gasteiger partial charge on any atom is -0.507 e. The molecule has 0 bridgehead atoms. The maximum absolute atomic E-state index is 14.4. The van der Waals surface area contributed by atoms with Crippen molar-refractivity contribution in [2.75, 3.05) is 0 Å². The molecular formula is C23H31F2OP. The first kappa shape index (κ1) is 21.8. The molecule has 1 nitrogen and oxygen atoms in total. The van der Waals surface area contributed by atoms with E-state index in [1.165, 1.54) is 6.07 Å². The minimum absolute atomic E-state index is 0.0524. The van der Waals surface area contributed by atoms with Gasteiger partial charge in [0.15, 0.2) is 0 Å². The molecule has 148 valence electrons. The Morgan fingerprint density at radius 1 is 1.04 bits per heavy atom. The molecule has 0 saturated carbocycles. The fraction of sp³-hybridized carbons (Fsp3) is 0.478. The molecule has 0 heterocycles. The lowest BCUT2D eigenvalue weighted by Crippen LogP contribution is -2.25. The van der Waals surface area contributed by atoms with E-state index in [9.17, 15) is 13.9 Å². The largest absolute Gasteiger partial charge is 0.507 e. The van der Waals surface area contributed by atoms with Crippen molar-refractivity contribution in [1.29, 1.82) is 0 Å². The van der Waals surface area contributed by atoms with Crippen LogP contribution in [0.1, 0.15) is 70.6 Å². The summed E-state index contributed by atoms with van der Waals surface area (Å²) in [4.78, 5) is 0. The first-order chi connectivity index (χ1) is 12.5. The topological polar surface area (TPSA) is 20.2 Å². The number of benzene rings is 2. The van der Waals surface area contributed by atoms with E-state index >= 15 is 0 Å². The summed E-state index contributed by atoms with van der Waals surface area (Å²) in [5.74, 6) is -0.772. The van der Waals surface area contributed by atoms with Crippen molar-refractivity contribution in [1.82, 2.24) is 0 Å². The van der Waals surface area contributed by atoms with Crippen molar-refractivity contribution in [2.24, 2.45) is 0 Å². The first-order valence-corrected chi connectivity index (χ1v) is 10.6. The maximum atomic E-state index is 14.4. The Balaban J connectivity index is 2.67. The van der Waals surface area contributed by atoms with E-state index < -0.39 is 11.6 Å². The van der Waals surface area contributed by atoms with Crippen LogP contribution in [0.4, 0.5) is 8.78 Å². The molecule has 1 N–H and O–H groups in total. The summed E-state index contributed by atoms with van der Waals surface area (Å²) in [6.45, 7) is 12.6. The normalized spacial score (nSPS) is 14.7. The summed E-state index contributed by atoms with van der Waals surface area (Å²) in [6.07, 6.45) is 2.53. The molecule has 0 saturated heterocycles. The molecule has 4 heteroatoms. The lowest BCUT2D eigenvalue weighted by Gasteiger charge is -2.36. The second kappa shape index (κ2) is 8.27. The lowest BCUT2D eigenvalue weighted by atomic mass is 9.81. The van der Waals surface area contributed by atoms with Crippen molar-refractivity contribution in [3.63, 3.8) is 0 Å². The number of aromatic hydroxyl groups is 1. The van der Waals surface area contributed by atoms with Gasteiger partial charge < -0.3 is 5.11 Å². The van der Waals surface area contributed by atoms with Crippen LogP contribution in [0.3, 0.4) is 0 Å². The first-order valence-electron chi connectivity index (χ1n) is 9.62. The van der Waals surface area contributed by atoms with Gasteiger partial charge in [0.25, 0.3) is 0 Å². The van der Waals surface area contributed by atoms with Crippen molar-refractivity contribution < 1.29 is 13.9 Å². The van der Waals surface area contributed by atoms with Crippen LogP contribution in [-0.4, -0.2) is 5.11 Å². The summed E-state index contributed by atoms with van der Waals surface area (Å²) in [5.41, 5.74) is 2.84. The molecule has 2 atom stereocenters. The molecule has 0 aliphatic heterocycles. The predicted molar refractivity (Wildman–Crippen MR) is 113 cm³/mol. The van der Waals surface area contributed by atoms with Gasteiger partial charge in [-0.2, -0.15) is 0 Å². The Morgan fingerprint density at radius 2 is 1.70 bits per heavy atom. The molecule has 0 spiro atoms. The highest BCUT2D eigenvalue weighted by Gasteiger charge is 2.35. The van der Waals surface area contributed by atoms with Crippen LogP contribution in [0.15, 0.2) is 30.3 Å². The third-order valence-corrected chi connectivity index (χ3v) is 7.29. The van der Waals surface area contributed by atoms with E-state index in [1.807, 2.05) is 13.0 Å². The Morgan fingerprint density at radius 3 is 2.22 bits per heavy atom. The van der Waals surface area contributed by atoms with Gasteiger partial charge in [-0.05, 0) is 48.4 Å². The van der Waals surface area contributed by atoms with Gasteiger partial charge in [-0.25, -0.2) is 8.78 Å². The zero-order valence-corrected chi connectivity index (χ0v) is 18.2. The highest BCUT2D eigenvalue weighted by atomic mass is 31.1. The van der Waals surface area contributed by atoms with Crippen LogP contribution >= 0.6 is 8.58 Å². The predicted octanol–water partition coefficient (Wildman–Crippen LogP) is 6.69. The second-order valence-corrected chi connectivity index (χ2v) is 10.1. The molecule has 0 aliphatic carbocycles. The standard InChI is InChI=1S/C23H31F2OP/c1-7-11-23(8-2,27-20-10-9-17(24)14-19(20)25)18-13-16(22(4,5)6)12-15(3)21(18)26/h9-10,12-14,26-27H,7-8,11H2,1-6H3. The molecule has 27 heavy (non-hydrogen) atoms. The molecule has 2 rings (SSSR count). The quantitative estimate of drug-likeness (QED) is 0.543. The van der Waals surface area contributed by atoms with Crippen molar-refractivity contribution >= 4 is 13.9 Å². The summed E-state index contributed by atoms with van der Waals surface area (Å²) in [5, 5.41) is 11.1. The molecule has 0 amide bonds. The average Bonchev–Trinajstić information content (AvgIpc) is 2.58. The monoisotopic (exact) mass is 392 g/mol. The maximum Gasteiger partial charge on any atom is 0.133 e. The van der Waals surface area contributed by atoms with Gasteiger partial charge in [-0.15, -0.1) is 0 Å². The molecule has 0 aromatic heterocycles. The number of rotatable bonds is 6. The number of phenols is 1. The fourth-order valence-corrected chi connectivity index (χ4v) is 5.32. The van der Waals surface area contributed by atoms with Crippen molar-refractivity contribution in [3.8, 4) is 5.75 Å². The second-order valence-electron chi connectivity index (χ2n) is 8.37. The Hall–Kier alpha value is -1.47. The number of phenolic OH excluding ortho intramolecular Hbond substituents is 1. The van der Waals surface area contributed by atoms with Crippen LogP contribution in [0.25, 0.3) is 0 Å². The summed E-state index contributed by atoms with van der Waals surface area (Å²) in [7, 11) is 0.116. The van der Waals surface area contributed by atoms with E-state index in [4.69, 9.17) is 0 Å². The number of hydrogen-bond donors (Lipinski definition) is 1. The SMILES string of the molecule is CCCC(CC)(Pc1ccc(F)cc1F)c1cc(C(C)(C)C)cc(C)c1O. The zero-order valence-electron chi connectivity index (χ0n) is 17.2. The zero-order chi connectivity index (χ0) is 20.4. The van der Waals surface area contributed by atoms with Crippen LogP contribution < -0.4 is 5.30 Å². The van der Waals surface area contributed by atoms with Gasteiger partial charge in [-0.3, -0.25) is 0 Å². The van der Waals surface area contributed by atoms with Gasteiger partial charge in [0.05, 0.1) is 0 Å². The van der Waals surface area contributed by atoms with Gasteiger partial charge in [0.2, 0.25) is 0 Å². The van der Waals surface area contributed by atoms with E-state index in [0.29, 0.717) is 11.1 Å². The van der Waals surface area contributed by atoms with Crippen molar-refractivity contribution in [3.05, 3.63) is 58.7 Å². The summed E-state index contributed by atoms with van der Waals surface area (Å²) in [6, 6.07) is 7.93. The fourth-order valence-electron chi connectivity index (χ4n) is 3.57. The van der Waals surface area contributed by atoms with Gasteiger partial charge in [0.1, 0.15) is 17.4 Å². The van der Waals surface area contributed by atoms with E-state index in [2.05, 4.69) is 40.7 Å². The van der Waals surface area contributed by atoms with Gasteiger partial charge >= 0.3 is 0 Å². The highest BCUT2D eigenvalue weighted by Crippen LogP contribution is 2.52. The molecular weight excluding hydrogens is 361 g/mol. The van der Waals surface area contributed by atoms with Crippen LogP contribution in [-0.2, 0) is 10.6 Å². The molecule has 0 fully saturated rings. The van der Waals surface area contributed by atoms with Crippen LogP contribution in [0.5, 0.6) is 5.75 Å². The minimum atomic E-state index is -0.563. The van der Waals surface area contributed by atoms with Crippen LogP contribution in [0.2, 0.25) is 0 Å². The third kappa shape index (κ3) is 4.69. The van der Waals surface area contributed by atoms with Crippen molar-refractivity contribution in [2.45, 2.75) is 71.4 Å². The Labute approximate surface area is 164 Å². The molecule has 0 radical (unpaired) electrons. The third-order valence-electron chi connectivity index (χ3n) is 5.27. The van der Waals surface area contributed by atoms with E-state index in [0.717, 1.165) is 42.0 Å². The van der Waals surface area contributed by atoms with E-state index in [-0.39, 0.29) is 19.2 Å². The molecule has 0 aliphatic rings. The smallest absolute Gasteiger partial charge is 0.133 e. The summed E-state index contributed by atoms with van der Waals surface area (Å²) >= 11 is 0. The van der Waals surface area contributed by atoms with Gasteiger partial charge in [-0.1, -0.05) is 61.8 Å². The average molecular weight is 392 g/mol. The number of aryl methyl sites for hydroxylation is 1. The van der Waals surface area contributed by atoms with E-state index in [1.54, 1.807) is 6.07 Å².